The smallest absolute Gasteiger partial charge is 0.328 e. The van der Waals surface area contributed by atoms with E-state index in [1.54, 1.807) is 0 Å². The molecule has 0 radical (unpaired) electrons. The molecule has 0 spiro atoms. The average Bonchev–Trinajstić information content (AvgIpc) is 2.50. The molecule has 0 aliphatic heterocycles. The first kappa shape index (κ1) is 17.0. The SMILES string of the molecule is CCC(C)C(NC(=O)C1CCC(CN)CC1)C(=O)OC. The van der Waals surface area contributed by atoms with Crippen molar-refractivity contribution in [3.63, 3.8) is 0 Å². The zero-order valence-electron chi connectivity index (χ0n) is 12.9. The van der Waals surface area contributed by atoms with E-state index in [4.69, 9.17) is 10.5 Å². The summed E-state index contributed by atoms with van der Waals surface area (Å²) in [5.74, 6) is 0.255. The quantitative estimate of drug-likeness (QED) is 0.723. The minimum Gasteiger partial charge on any atom is -0.467 e. The van der Waals surface area contributed by atoms with Crippen LogP contribution in [0.4, 0.5) is 0 Å². The number of nitrogens with two attached hydrogens (primary N) is 1. The molecule has 116 valence electrons. The first-order valence-electron chi connectivity index (χ1n) is 7.61. The Morgan fingerprint density at radius 2 is 1.90 bits per heavy atom. The lowest BCUT2D eigenvalue weighted by atomic mass is 9.81. The number of nitrogens with one attached hydrogen (secondary N) is 1. The maximum atomic E-state index is 12.3. The van der Waals surface area contributed by atoms with E-state index >= 15 is 0 Å². The molecule has 20 heavy (non-hydrogen) atoms. The maximum absolute atomic E-state index is 12.3. The van der Waals surface area contributed by atoms with Gasteiger partial charge >= 0.3 is 5.97 Å². The van der Waals surface area contributed by atoms with Crippen molar-refractivity contribution in [1.29, 1.82) is 0 Å². The van der Waals surface area contributed by atoms with Gasteiger partial charge in [-0.05, 0) is 44.1 Å². The van der Waals surface area contributed by atoms with Gasteiger partial charge in [0.1, 0.15) is 6.04 Å². The number of esters is 1. The van der Waals surface area contributed by atoms with Crippen molar-refractivity contribution >= 4 is 11.9 Å². The molecule has 1 aliphatic rings. The van der Waals surface area contributed by atoms with E-state index in [-0.39, 0.29) is 23.7 Å². The van der Waals surface area contributed by atoms with Gasteiger partial charge in [0.25, 0.3) is 0 Å². The molecule has 1 fully saturated rings. The van der Waals surface area contributed by atoms with Crippen molar-refractivity contribution in [3.05, 3.63) is 0 Å². The van der Waals surface area contributed by atoms with E-state index in [2.05, 4.69) is 5.32 Å². The van der Waals surface area contributed by atoms with Gasteiger partial charge in [0.15, 0.2) is 0 Å². The van der Waals surface area contributed by atoms with Gasteiger partial charge in [0, 0.05) is 5.92 Å². The van der Waals surface area contributed by atoms with Crippen LogP contribution in [0, 0.1) is 17.8 Å². The van der Waals surface area contributed by atoms with E-state index in [9.17, 15) is 9.59 Å². The van der Waals surface area contributed by atoms with Crippen molar-refractivity contribution in [2.24, 2.45) is 23.5 Å². The van der Waals surface area contributed by atoms with Gasteiger partial charge in [0.05, 0.1) is 7.11 Å². The topological polar surface area (TPSA) is 81.4 Å². The highest BCUT2D eigenvalue weighted by atomic mass is 16.5. The molecule has 5 nitrogen and oxygen atoms in total. The Kier molecular flexibility index (Phi) is 6.99. The molecule has 3 N–H and O–H groups in total. The molecular formula is C15H28N2O3. The van der Waals surface area contributed by atoms with Crippen LogP contribution in [0.1, 0.15) is 46.0 Å². The fourth-order valence-electron chi connectivity index (χ4n) is 2.73. The maximum Gasteiger partial charge on any atom is 0.328 e. The molecular weight excluding hydrogens is 256 g/mol. The van der Waals surface area contributed by atoms with Crippen molar-refractivity contribution in [3.8, 4) is 0 Å². The molecule has 0 heterocycles. The average molecular weight is 284 g/mol. The molecule has 1 aliphatic carbocycles. The number of hydrogen-bond donors (Lipinski definition) is 2. The second-order valence-corrected chi connectivity index (χ2v) is 5.85. The molecule has 0 aromatic carbocycles. The third kappa shape index (κ3) is 4.47. The normalized spacial score (nSPS) is 25.6. The Hall–Kier alpha value is -1.10. The third-order valence-corrected chi connectivity index (χ3v) is 4.52. The summed E-state index contributed by atoms with van der Waals surface area (Å²) in [4.78, 5) is 24.1. The molecule has 2 atom stereocenters. The van der Waals surface area contributed by atoms with Gasteiger partial charge in [-0.2, -0.15) is 0 Å². The fraction of sp³-hybridized carbons (Fsp3) is 0.867. The lowest BCUT2D eigenvalue weighted by molar-refractivity contribution is -0.147. The van der Waals surface area contributed by atoms with Crippen LogP contribution in [0.25, 0.3) is 0 Å². The van der Waals surface area contributed by atoms with Crippen LogP contribution in [-0.2, 0) is 14.3 Å². The van der Waals surface area contributed by atoms with Crippen molar-refractivity contribution in [2.75, 3.05) is 13.7 Å². The number of hydrogen-bond acceptors (Lipinski definition) is 4. The van der Waals surface area contributed by atoms with E-state index in [0.717, 1.165) is 32.1 Å². The highest BCUT2D eigenvalue weighted by Gasteiger charge is 2.31. The first-order chi connectivity index (χ1) is 9.53. The molecule has 1 rings (SSSR count). The second-order valence-electron chi connectivity index (χ2n) is 5.85. The predicted molar refractivity (Wildman–Crippen MR) is 77.9 cm³/mol. The molecule has 0 aromatic rings. The Morgan fingerprint density at radius 3 is 2.35 bits per heavy atom. The largest absolute Gasteiger partial charge is 0.467 e. The number of rotatable bonds is 6. The van der Waals surface area contributed by atoms with Crippen LogP contribution in [0.15, 0.2) is 0 Å². The molecule has 1 saturated carbocycles. The van der Waals surface area contributed by atoms with Gasteiger partial charge in [-0.3, -0.25) is 4.79 Å². The summed E-state index contributed by atoms with van der Waals surface area (Å²) in [5, 5.41) is 2.88. The van der Waals surface area contributed by atoms with Gasteiger partial charge in [0.2, 0.25) is 5.91 Å². The van der Waals surface area contributed by atoms with Gasteiger partial charge in [-0.1, -0.05) is 20.3 Å². The Labute approximate surface area is 121 Å². The number of methoxy groups -OCH3 is 1. The Bertz CT molecular complexity index is 325. The predicted octanol–water partition coefficient (Wildman–Crippen LogP) is 1.46. The summed E-state index contributed by atoms with van der Waals surface area (Å²) in [6.07, 6.45) is 4.55. The number of carbonyl (C=O) groups is 2. The van der Waals surface area contributed by atoms with Crippen LogP contribution in [-0.4, -0.2) is 31.6 Å². The number of amides is 1. The van der Waals surface area contributed by atoms with Crippen LogP contribution in [0.3, 0.4) is 0 Å². The highest BCUT2D eigenvalue weighted by molar-refractivity contribution is 5.85. The molecule has 5 heteroatoms. The molecule has 1 amide bonds. The van der Waals surface area contributed by atoms with Crippen LogP contribution in [0.2, 0.25) is 0 Å². The van der Waals surface area contributed by atoms with Gasteiger partial charge in [-0.15, -0.1) is 0 Å². The zero-order chi connectivity index (χ0) is 15.1. The summed E-state index contributed by atoms with van der Waals surface area (Å²) < 4.78 is 4.79. The standard InChI is InChI=1S/C15H28N2O3/c1-4-10(2)13(15(19)20-3)17-14(18)12-7-5-11(9-16)6-8-12/h10-13H,4-9,16H2,1-3H3,(H,17,18). The Balaban J connectivity index is 2.56. The molecule has 0 bridgehead atoms. The fourth-order valence-corrected chi connectivity index (χ4v) is 2.73. The summed E-state index contributed by atoms with van der Waals surface area (Å²) in [5.41, 5.74) is 5.66. The van der Waals surface area contributed by atoms with Gasteiger partial charge < -0.3 is 15.8 Å². The molecule has 0 aromatic heterocycles. The minimum atomic E-state index is -0.537. The third-order valence-electron chi connectivity index (χ3n) is 4.52. The summed E-state index contributed by atoms with van der Waals surface area (Å²) in [6.45, 7) is 4.65. The highest BCUT2D eigenvalue weighted by Crippen LogP contribution is 2.28. The lowest BCUT2D eigenvalue weighted by Crippen LogP contribution is -2.48. The van der Waals surface area contributed by atoms with Crippen LogP contribution < -0.4 is 11.1 Å². The van der Waals surface area contributed by atoms with E-state index in [0.29, 0.717) is 12.5 Å². The number of carbonyl (C=O) groups excluding carboxylic acids is 2. The molecule has 0 saturated heterocycles. The second kappa shape index (κ2) is 8.25. The first-order valence-corrected chi connectivity index (χ1v) is 7.61. The summed E-state index contributed by atoms with van der Waals surface area (Å²) >= 11 is 0. The van der Waals surface area contributed by atoms with Crippen LogP contribution in [0.5, 0.6) is 0 Å². The Morgan fingerprint density at radius 1 is 1.30 bits per heavy atom. The van der Waals surface area contributed by atoms with Crippen molar-refractivity contribution in [2.45, 2.75) is 52.0 Å². The summed E-state index contributed by atoms with van der Waals surface area (Å²) in [6, 6.07) is -0.537. The molecule has 2 unspecified atom stereocenters. The summed E-state index contributed by atoms with van der Waals surface area (Å²) in [7, 11) is 1.36. The minimum absolute atomic E-state index is 0.00834. The van der Waals surface area contributed by atoms with Crippen molar-refractivity contribution in [1.82, 2.24) is 5.32 Å². The zero-order valence-corrected chi connectivity index (χ0v) is 12.9. The van der Waals surface area contributed by atoms with E-state index in [1.807, 2.05) is 13.8 Å². The lowest BCUT2D eigenvalue weighted by Gasteiger charge is -2.29. The van der Waals surface area contributed by atoms with E-state index in [1.165, 1.54) is 7.11 Å². The monoisotopic (exact) mass is 284 g/mol. The van der Waals surface area contributed by atoms with E-state index < -0.39 is 6.04 Å². The van der Waals surface area contributed by atoms with Crippen molar-refractivity contribution < 1.29 is 14.3 Å². The number of ether oxygens (including phenoxy) is 1. The van der Waals surface area contributed by atoms with Crippen LogP contribution >= 0.6 is 0 Å². The van der Waals surface area contributed by atoms with Gasteiger partial charge in [-0.25, -0.2) is 4.79 Å².